The monoisotopic (exact) mass is 708 g/mol. The molecule has 0 atom stereocenters. The molecule has 1 saturated heterocycles. The molecular weight excluding hydrogens is 680 g/mol. The fourth-order valence-electron chi connectivity index (χ4n) is 2.73. The summed E-state index contributed by atoms with van der Waals surface area (Å²) in [6, 6.07) is 6.65. The molecule has 7 nitrogen and oxygen atoms in total. The van der Waals surface area contributed by atoms with Gasteiger partial charge in [0.25, 0.3) is 0 Å². The van der Waals surface area contributed by atoms with Crippen LogP contribution in [0.4, 0.5) is 12.7 Å². The minimum atomic E-state index is -2.93. The molecular formula is C21H28F3N4O3SVW-. The van der Waals surface area contributed by atoms with Gasteiger partial charge in [0.05, 0.1) is 0 Å². The first-order chi connectivity index (χ1) is 16.0. The van der Waals surface area contributed by atoms with E-state index >= 15 is 0 Å². The maximum atomic E-state index is 13.4. The van der Waals surface area contributed by atoms with Crippen LogP contribution in [0.1, 0.15) is 44.5 Å². The Labute approximate surface area is 218 Å². The number of fused-ring (bicyclic) bond motifs is 1. The van der Waals surface area contributed by atoms with Gasteiger partial charge < -0.3 is 0 Å². The number of ether oxygens (including phenoxy) is 1. The summed E-state index contributed by atoms with van der Waals surface area (Å²) in [5, 5.41) is 3.06. The molecule has 0 aliphatic carbocycles. The van der Waals surface area contributed by atoms with Crippen molar-refractivity contribution in [2.24, 2.45) is 0 Å². The number of benzene rings is 1. The number of nitrogens with one attached hydrogen (secondary N) is 2. The van der Waals surface area contributed by atoms with Gasteiger partial charge in [0.15, 0.2) is 0 Å². The summed E-state index contributed by atoms with van der Waals surface area (Å²) in [7, 11) is -0.0148. The number of methoxy groups -OCH3 is 1. The van der Waals surface area contributed by atoms with Crippen molar-refractivity contribution >= 4 is 35.3 Å². The zero-order chi connectivity index (χ0) is 26.5. The average molecular weight is 708 g/mol. The molecule has 0 spiro atoms. The second-order valence-corrected chi connectivity index (χ2v) is 10.5. The molecule has 34 heavy (non-hydrogen) atoms. The molecule has 0 saturated carbocycles. The van der Waals surface area contributed by atoms with E-state index in [9.17, 15) is 22.3 Å². The van der Waals surface area contributed by atoms with Crippen molar-refractivity contribution in [2.75, 3.05) is 20.2 Å². The van der Waals surface area contributed by atoms with Gasteiger partial charge in [-0.1, -0.05) is 27.7 Å². The molecule has 1 fully saturated rings. The van der Waals surface area contributed by atoms with Crippen molar-refractivity contribution in [3.05, 3.63) is 36.0 Å². The third-order valence-corrected chi connectivity index (χ3v) is 4.64. The van der Waals surface area contributed by atoms with E-state index in [0.29, 0.717) is 40.2 Å². The Morgan fingerprint density at radius 1 is 1.29 bits per heavy atom. The number of rotatable bonds is 4. The van der Waals surface area contributed by atoms with E-state index in [4.69, 9.17) is 9.52 Å². The van der Waals surface area contributed by atoms with Gasteiger partial charge >= 0.3 is 192 Å². The van der Waals surface area contributed by atoms with E-state index in [1.807, 2.05) is 44.7 Å². The van der Waals surface area contributed by atoms with E-state index in [1.54, 1.807) is 18.2 Å². The summed E-state index contributed by atoms with van der Waals surface area (Å²) in [6.45, 7) is 6.96. The molecule has 1 aromatic carbocycles. The normalized spacial score (nSPS) is 13.5. The fourth-order valence-corrected chi connectivity index (χ4v) is 3.38. The SMILES string of the molecule is CC.CC.COc1ccc2nccc(C(=O)NCC(=O)N3CC(F)(F)C[C]3=[V])c2c1.N=[S-](F)=[W]. The number of alkyl halides is 2. The Hall–Kier alpha value is -1.55. The van der Waals surface area contributed by atoms with Gasteiger partial charge in [-0.25, -0.2) is 0 Å². The van der Waals surface area contributed by atoms with Crippen molar-refractivity contribution in [3.63, 3.8) is 0 Å². The molecule has 1 aromatic heterocycles. The Bertz CT molecular complexity index is 1060. The molecule has 1 aliphatic heterocycles. The third kappa shape index (κ3) is 10.4. The van der Waals surface area contributed by atoms with Gasteiger partial charge in [-0.15, -0.1) is 0 Å². The van der Waals surface area contributed by atoms with Crippen LogP contribution < -0.4 is 10.1 Å². The number of nitrogens with zero attached hydrogens (tertiary/aromatic N) is 2. The fraction of sp³-hybridized carbons (Fsp3) is 0.429. The average Bonchev–Trinajstić information content (AvgIpc) is 3.10. The molecule has 2 amide bonds. The molecule has 0 bridgehead atoms. The molecule has 3 rings (SSSR count). The second-order valence-electron chi connectivity index (χ2n) is 6.08. The van der Waals surface area contributed by atoms with E-state index in [0.717, 1.165) is 4.90 Å². The summed E-state index contributed by atoms with van der Waals surface area (Å²) in [6.07, 6.45) is 1.02. The standard InChI is InChI=1S/C17H15F2N3O3.2C2H6.FHNS.V.W/c1-25-11-2-3-14-13(8-11)12(4-6-20-14)16(24)21-9-15(23)22-7-5-17(18,19)10-22;2*1-2;1-3-2;;/h2-4,6,8H,5,9-10H2,1H3,(H,21,24);2*1-2H3;2H;;/q;;;+1;;-2. The maximum absolute atomic E-state index is 13.4. The van der Waals surface area contributed by atoms with Crippen molar-refractivity contribution in [3.8, 4) is 5.75 Å². The van der Waals surface area contributed by atoms with Gasteiger partial charge in [0.2, 0.25) is 0 Å². The number of likely N-dealkylation sites (tertiary alicyclic amines) is 1. The van der Waals surface area contributed by atoms with Crippen molar-refractivity contribution in [1.29, 1.82) is 4.78 Å². The Morgan fingerprint density at radius 3 is 2.38 bits per heavy atom. The number of carbonyl (C=O) groups excluding carboxylic acids is 2. The van der Waals surface area contributed by atoms with Crippen LogP contribution in [0.2, 0.25) is 0 Å². The van der Waals surface area contributed by atoms with Gasteiger partial charge in [0, 0.05) is 0 Å². The molecule has 189 valence electrons. The Kier molecular flexibility index (Phi) is 15.4. The van der Waals surface area contributed by atoms with Crippen LogP contribution in [0.25, 0.3) is 10.9 Å². The van der Waals surface area contributed by atoms with E-state index in [-0.39, 0.29) is 10.9 Å². The summed E-state index contributed by atoms with van der Waals surface area (Å²) in [5.74, 6) is -3.43. The molecule has 1 aliphatic rings. The predicted octanol–water partition coefficient (Wildman–Crippen LogP) is 4.28. The molecule has 13 heteroatoms. The number of hydrogen-bond donors (Lipinski definition) is 2. The van der Waals surface area contributed by atoms with Gasteiger partial charge in [0.1, 0.15) is 0 Å². The van der Waals surface area contributed by atoms with Crippen molar-refractivity contribution in [2.45, 2.75) is 40.0 Å². The van der Waals surface area contributed by atoms with Crippen molar-refractivity contribution in [1.82, 2.24) is 15.2 Å². The van der Waals surface area contributed by atoms with Gasteiger partial charge in [-0.3, -0.25) is 0 Å². The Morgan fingerprint density at radius 2 is 1.88 bits per heavy atom. The van der Waals surface area contributed by atoms with Crippen LogP contribution in [0, 0.1) is 4.78 Å². The molecule has 2 heterocycles. The summed E-state index contributed by atoms with van der Waals surface area (Å²) >= 11 is 2.69. The first-order valence-electron chi connectivity index (χ1n) is 10.3. The van der Waals surface area contributed by atoms with Crippen LogP contribution >= 0.6 is 0 Å². The number of pyridine rings is 1. The van der Waals surface area contributed by atoms with Crippen LogP contribution in [-0.2, 0) is 48.0 Å². The molecule has 2 aromatic rings. The van der Waals surface area contributed by atoms with Gasteiger partial charge in [-0.2, -0.15) is 0 Å². The van der Waals surface area contributed by atoms with E-state index in [1.165, 1.54) is 19.4 Å². The number of amides is 2. The predicted molar refractivity (Wildman–Crippen MR) is 121 cm³/mol. The van der Waals surface area contributed by atoms with Gasteiger partial charge in [-0.05, 0) is 0 Å². The van der Waals surface area contributed by atoms with E-state index < -0.39 is 39.0 Å². The zero-order valence-electron chi connectivity index (χ0n) is 19.5. The number of carbonyl (C=O) groups is 2. The third-order valence-electron chi connectivity index (χ3n) is 4.01. The first kappa shape index (κ1) is 32.5. The van der Waals surface area contributed by atoms with Crippen LogP contribution in [-0.4, -0.2) is 52.2 Å². The number of aromatic nitrogens is 1. The van der Waals surface area contributed by atoms with Crippen molar-refractivity contribution < 1.29 is 62.0 Å². The Balaban J connectivity index is 0.00000121. The summed E-state index contributed by atoms with van der Waals surface area (Å²) in [4.78, 5) is 29.8. The topological polar surface area (TPSA) is 95.4 Å². The molecule has 2 N–H and O–H groups in total. The van der Waals surface area contributed by atoms with E-state index in [2.05, 4.69) is 10.3 Å². The molecule has 0 unspecified atom stereocenters. The second kappa shape index (κ2) is 16.2. The summed E-state index contributed by atoms with van der Waals surface area (Å²) in [5.41, 5.74) is 0.926. The minimum absolute atomic E-state index is 0.237. The molecule has 0 radical (unpaired) electrons. The van der Waals surface area contributed by atoms with Crippen LogP contribution in [0.15, 0.2) is 30.5 Å². The first-order valence-corrected chi connectivity index (χ1v) is 15.6. The van der Waals surface area contributed by atoms with Crippen LogP contribution in [0.5, 0.6) is 5.75 Å². The van der Waals surface area contributed by atoms with Crippen LogP contribution in [0.3, 0.4) is 0 Å². The zero-order valence-corrected chi connectivity index (χ0v) is 24.7. The quantitative estimate of drug-likeness (QED) is 0.464. The number of hydrogen-bond acceptors (Lipinski definition) is 6. The number of halogens is 3. The summed E-state index contributed by atoms with van der Waals surface area (Å²) < 4.78 is 48.9.